The molecule has 0 rings (SSSR count). The summed E-state index contributed by atoms with van der Waals surface area (Å²) in [6, 6.07) is -0.322. The van der Waals surface area contributed by atoms with Crippen LogP contribution in [0.3, 0.4) is 0 Å². The molecular weight excluding hydrogens is 210 g/mol. The first-order valence-corrected chi connectivity index (χ1v) is 7.11. The van der Waals surface area contributed by atoms with Gasteiger partial charge < -0.3 is 5.73 Å². The number of ketones is 1. The van der Waals surface area contributed by atoms with Crippen LogP contribution >= 0.6 is 0 Å². The molecule has 1 unspecified atom stereocenters. The quantitative estimate of drug-likeness (QED) is 0.413. The van der Waals surface area contributed by atoms with Gasteiger partial charge in [-0.1, -0.05) is 57.9 Å². The standard InChI is InChI=1S/C15H29NO/c1-3-5-6-7-8-9-10-11-13-15(17)14(16)12-4-2/h4,14H,2-3,5-13,16H2,1H3. The van der Waals surface area contributed by atoms with Crippen LogP contribution in [0.2, 0.25) is 0 Å². The maximum Gasteiger partial charge on any atom is 0.149 e. The zero-order chi connectivity index (χ0) is 12.9. The molecule has 0 aliphatic heterocycles. The summed E-state index contributed by atoms with van der Waals surface area (Å²) in [5.74, 6) is 0.191. The van der Waals surface area contributed by atoms with Crippen LogP contribution in [0.4, 0.5) is 0 Å². The van der Waals surface area contributed by atoms with Crippen LogP contribution in [0.5, 0.6) is 0 Å². The van der Waals surface area contributed by atoms with E-state index in [1.165, 1.54) is 44.9 Å². The molecule has 0 radical (unpaired) electrons. The van der Waals surface area contributed by atoms with Crippen LogP contribution in [0.1, 0.15) is 71.1 Å². The third-order valence-electron chi connectivity index (χ3n) is 3.11. The minimum Gasteiger partial charge on any atom is -0.321 e. The molecule has 0 saturated carbocycles. The van der Waals surface area contributed by atoms with Crippen molar-refractivity contribution in [3.63, 3.8) is 0 Å². The predicted molar refractivity (Wildman–Crippen MR) is 75.0 cm³/mol. The average molecular weight is 239 g/mol. The molecule has 0 heterocycles. The Morgan fingerprint density at radius 1 is 1.12 bits per heavy atom. The Morgan fingerprint density at radius 2 is 1.65 bits per heavy atom. The molecule has 2 heteroatoms. The molecule has 2 N–H and O–H groups in total. The minimum absolute atomic E-state index is 0.191. The Kier molecular flexibility index (Phi) is 11.4. The lowest BCUT2D eigenvalue weighted by Crippen LogP contribution is -2.29. The number of Topliss-reactive ketones (excluding diaryl/α,β-unsaturated/α-hetero) is 1. The summed E-state index contributed by atoms with van der Waals surface area (Å²) >= 11 is 0. The molecule has 0 spiro atoms. The molecule has 0 bridgehead atoms. The Bertz CT molecular complexity index is 201. The predicted octanol–water partition coefficient (Wildman–Crippen LogP) is 3.99. The first kappa shape index (κ1) is 16.4. The highest BCUT2D eigenvalue weighted by molar-refractivity contribution is 5.83. The van der Waals surface area contributed by atoms with Crippen LogP contribution in [0.25, 0.3) is 0 Å². The highest BCUT2D eigenvalue weighted by Crippen LogP contribution is 2.10. The van der Waals surface area contributed by atoms with Gasteiger partial charge in [-0.25, -0.2) is 0 Å². The molecule has 0 aliphatic carbocycles. The monoisotopic (exact) mass is 239 g/mol. The van der Waals surface area contributed by atoms with Gasteiger partial charge in [0.1, 0.15) is 5.78 Å². The maximum absolute atomic E-state index is 11.5. The van der Waals surface area contributed by atoms with Crippen molar-refractivity contribution in [3.8, 4) is 0 Å². The Morgan fingerprint density at radius 3 is 2.18 bits per heavy atom. The van der Waals surface area contributed by atoms with E-state index in [-0.39, 0.29) is 11.8 Å². The second kappa shape index (κ2) is 11.8. The van der Waals surface area contributed by atoms with Crippen LogP contribution in [-0.4, -0.2) is 11.8 Å². The number of carbonyl (C=O) groups is 1. The van der Waals surface area contributed by atoms with Crippen molar-refractivity contribution in [2.24, 2.45) is 5.73 Å². The van der Waals surface area contributed by atoms with Gasteiger partial charge >= 0.3 is 0 Å². The van der Waals surface area contributed by atoms with E-state index in [1.807, 2.05) is 0 Å². The number of hydrogen-bond donors (Lipinski definition) is 1. The molecule has 17 heavy (non-hydrogen) atoms. The summed E-state index contributed by atoms with van der Waals surface area (Å²) in [7, 11) is 0. The fourth-order valence-electron chi connectivity index (χ4n) is 1.93. The van der Waals surface area contributed by atoms with Crippen LogP contribution in [-0.2, 0) is 4.79 Å². The fraction of sp³-hybridized carbons (Fsp3) is 0.800. The zero-order valence-electron chi connectivity index (χ0n) is 11.4. The highest BCUT2D eigenvalue weighted by Gasteiger charge is 2.10. The largest absolute Gasteiger partial charge is 0.321 e. The summed E-state index contributed by atoms with van der Waals surface area (Å²) in [5, 5.41) is 0. The summed E-state index contributed by atoms with van der Waals surface area (Å²) in [6.07, 6.45) is 13.1. The number of nitrogens with two attached hydrogens (primary N) is 1. The molecule has 100 valence electrons. The fourth-order valence-corrected chi connectivity index (χ4v) is 1.93. The number of carbonyl (C=O) groups excluding carboxylic acids is 1. The van der Waals surface area contributed by atoms with E-state index in [9.17, 15) is 4.79 Å². The third-order valence-corrected chi connectivity index (χ3v) is 3.11. The van der Waals surface area contributed by atoms with E-state index in [0.29, 0.717) is 12.8 Å². The summed E-state index contributed by atoms with van der Waals surface area (Å²) < 4.78 is 0. The van der Waals surface area contributed by atoms with Gasteiger partial charge in [-0.3, -0.25) is 4.79 Å². The van der Waals surface area contributed by atoms with Gasteiger partial charge in [0.2, 0.25) is 0 Å². The van der Waals surface area contributed by atoms with Gasteiger partial charge in [-0.15, -0.1) is 6.58 Å². The molecule has 0 aromatic rings. The highest BCUT2D eigenvalue weighted by atomic mass is 16.1. The lowest BCUT2D eigenvalue weighted by atomic mass is 10.0. The Balaban J connectivity index is 3.27. The van der Waals surface area contributed by atoms with E-state index in [0.717, 1.165) is 6.42 Å². The summed E-state index contributed by atoms with van der Waals surface area (Å²) in [4.78, 5) is 11.5. The SMILES string of the molecule is C=CCC(N)C(=O)CCCCCCCCCC. The number of unbranched alkanes of at least 4 members (excludes halogenated alkanes) is 7. The third kappa shape index (κ3) is 10.3. The van der Waals surface area contributed by atoms with Gasteiger partial charge in [0.25, 0.3) is 0 Å². The second-order valence-electron chi connectivity index (χ2n) is 4.82. The molecule has 0 saturated heterocycles. The van der Waals surface area contributed by atoms with Crippen molar-refractivity contribution in [2.45, 2.75) is 77.2 Å². The van der Waals surface area contributed by atoms with Gasteiger partial charge in [-0.05, 0) is 12.8 Å². The smallest absolute Gasteiger partial charge is 0.149 e. The average Bonchev–Trinajstić information content (AvgIpc) is 2.32. The molecule has 1 atom stereocenters. The van der Waals surface area contributed by atoms with Crippen molar-refractivity contribution in [1.82, 2.24) is 0 Å². The van der Waals surface area contributed by atoms with E-state index in [4.69, 9.17) is 5.73 Å². The first-order chi connectivity index (χ1) is 8.22. The van der Waals surface area contributed by atoms with Crippen LogP contribution < -0.4 is 5.73 Å². The van der Waals surface area contributed by atoms with E-state index >= 15 is 0 Å². The number of rotatable bonds is 12. The van der Waals surface area contributed by atoms with Crippen molar-refractivity contribution >= 4 is 5.78 Å². The summed E-state index contributed by atoms with van der Waals surface area (Å²) in [6.45, 7) is 5.83. The van der Waals surface area contributed by atoms with Crippen molar-refractivity contribution in [3.05, 3.63) is 12.7 Å². The zero-order valence-corrected chi connectivity index (χ0v) is 11.4. The van der Waals surface area contributed by atoms with Crippen molar-refractivity contribution < 1.29 is 4.79 Å². The van der Waals surface area contributed by atoms with E-state index in [2.05, 4.69) is 13.5 Å². The van der Waals surface area contributed by atoms with Crippen molar-refractivity contribution in [2.75, 3.05) is 0 Å². The molecule has 0 aromatic carbocycles. The number of hydrogen-bond acceptors (Lipinski definition) is 2. The van der Waals surface area contributed by atoms with Gasteiger partial charge in [-0.2, -0.15) is 0 Å². The molecule has 0 aliphatic rings. The molecular formula is C15H29NO. The maximum atomic E-state index is 11.5. The van der Waals surface area contributed by atoms with Crippen LogP contribution in [0.15, 0.2) is 12.7 Å². The van der Waals surface area contributed by atoms with Crippen molar-refractivity contribution in [1.29, 1.82) is 0 Å². The van der Waals surface area contributed by atoms with E-state index < -0.39 is 0 Å². The Labute approximate surface area is 107 Å². The molecule has 0 amide bonds. The first-order valence-electron chi connectivity index (χ1n) is 7.11. The Hall–Kier alpha value is -0.630. The topological polar surface area (TPSA) is 43.1 Å². The molecule has 0 aromatic heterocycles. The molecule has 0 fully saturated rings. The summed E-state index contributed by atoms with van der Waals surface area (Å²) in [5.41, 5.74) is 5.70. The van der Waals surface area contributed by atoms with Gasteiger partial charge in [0.05, 0.1) is 6.04 Å². The van der Waals surface area contributed by atoms with Gasteiger partial charge in [0, 0.05) is 6.42 Å². The van der Waals surface area contributed by atoms with E-state index in [1.54, 1.807) is 6.08 Å². The second-order valence-corrected chi connectivity index (χ2v) is 4.82. The minimum atomic E-state index is -0.322. The molecule has 2 nitrogen and oxygen atoms in total. The normalized spacial score (nSPS) is 12.4. The lowest BCUT2D eigenvalue weighted by molar-refractivity contribution is -0.120. The van der Waals surface area contributed by atoms with Crippen LogP contribution in [0, 0.1) is 0 Å². The lowest BCUT2D eigenvalue weighted by Gasteiger charge is -2.07. The van der Waals surface area contributed by atoms with Gasteiger partial charge in [0.15, 0.2) is 0 Å².